The molecule has 0 spiro atoms. The Morgan fingerprint density at radius 2 is 1.95 bits per heavy atom. The second kappa shape index (κ2) is 6.56. The molecule has 2 aliphatic rings. The van der Waals surface area contributed by atoms with Crippen molar-refractivity contribution in [2.45, 2.75) is 31.7 Å². The highest BCUT2D eigenvalue weighted by molar-refractivity contribution is 5.91. The Morgan fingerprint density at radius 1 is 1.25 bits per heavy atom. The number of rotatable bonds is 3. The lowest BCUT2D eigenvalue weighted by atomic mass is 10.1. The number of nitrogens with one attached hydrogen (secondary N) is 2. The van der Waals surface area contributed by atoms with Gasteiger partial charge < -0.3 is 15.3 Å². The van der Waals surface area contributed by atoms with Gasteiger partial charge in [0, 0.05) is 26.2 Å². The standard InChI is InChI=1S/C12H20N4O4/c17-10(18)8-9-11(19)13-4-7-16(9)12(20)14-15-5-2-1-3-6-15/h9H,1-8H2,(H,13,19)(H,14,20)(H,17,18). The lowest BCUT2D eigenvalue weighted by Gasteiger charge is -2.36. The third kappa shape index (κ3) is 3.60. The number of hydrogen-bond acceptors (Lipinski definition) is 4. The van der Waals surface area contributed by atoms with Crippen molar-refractivity contribution < 1.29 is 19.5 Å². The minimum absolute atomic E-state index is 0.323. The van der Waals surface area contributed by atoms with Gasteiger partial charge >= 0.3 is 12.0 Å². The number of piperazine rings is 1. The van der Waals surface area contributed by atoms with Gasteiger partial charge in [0.2, 0.25) is 5.91 Å². The summed E-state index contributed by atoms with van der Waals surface area (Å²) in [4.78, 5) is 36.1. The maximum atomic E-state index is 12.2. The van der Waals surface area contributed by atoms with Crippen LogP contribution in [0.15, 0.2) is 0 Å². The van der Waals surface area contributed by atoms with Crippen molar-refractivity contribution >= 4 is 17.9 Å². The molecular formula is C12H20N4O4. The van der Waals surface area contributed by atoms with E-state index in [1.165, 1.54) is 4.90 Å². The number of hydrazine groups is 1. The van der Waals surface area contributed by atoms with Crippen LogP contribution < -0.4 is 10.7 Å². The highest BCUT2D eigenvalue weighted by Gasteiger charge is 2.35. The quantitative estimate of drug-likeness (QED) is 0.640. The van der Waals surface area contributed by atoms with Crippen molar-refractivity contribution in [3.8, 4) is 0 Å². The molecule has 3 N–H and O–H groups in total. The highest BCUT2D eigenvalue weighted by Crippen LogP contribution is 2.11. The molecule has 2 heterocycles. The molecule has 0 radical (unpaired) electrons. The first-order chi connectivity index (χ1) is 9.58. The van der Waals surface area contributed by atoms with Crippen LogP contribution >= 0.6 is 0 Å². The summed E-state index contributed by atoms with van der Waals surface area (Å²) in [6.45, 7) is 2.25. The van der Waals surface area contributed by atoms with Gasteiger partial charge in [-0.15, -0.1) is 0 Å². The molecule has 1 atom stereocenters. The molecule has 0 aromatic rings. The molecule has 2 fully saturated rings. The van der Waals surface area contributed by atoms with Crippen LogP contribution in [-0.4, -0.2) is 65.1 Å². The van der Waals surface area contributed by atoms with Crippen LogP contribution in [0.25, 0.3) is 0 Å². The smallest absolute Gasteiger partial charge is 0.332 e. The van der Waals surface area contributed by atoms with Gasteiger partial charge in [-0.05, 0) is 12.8 Å². The molecule has 8 nitrogen and oxygen atoms in total. The average Bonchev–Trinajstić information content (AvgIpc) is 2.41. The second-order valence-corrected chi connectivity index (χ2v) is 5.06. The van der Waals surface area contributed by atoms with Gasteiger partial charge in [-0.25, -0.2) is 9.80 Å². The zero-order valence-corrected chi connectivity index (χ0v) is 11.3. The minimum atomic E-state index is -1.09. The summed E-state index contributed by atoms with van der Waals surface area (Å²) in [7, 11) is 0. The molecule has 0 bridgehead atoms. The van der Waals surface area contributed by atoms with E-state index < -0.39 is 23.9 Å². The largest absolute Gasteiger partial charge is 0.481 e. The summed E-state index contributed by atoms with van der Waals surface area (Å²) < 4.78 is 0. The van der Waals surface area contributed by atoms with Crippen LogP contribution in [0.5, 0.6) is 0 Å². The van der Waals surface area contributed by atoms with E-state index in [-0.39, 0.29) is 6.42 Å². The Labute approximate surface area is 117 Å². The fraction of sp³-hybridized carbons (Fsp3) is 0.750. The van der Waals surface area contributed by atoms with Gasteiger partial charge in [-0.1, -0.05) is 6.42 Å². The molecule has 2 rings (SSSR count). The highest BCUT2D eigenvalue weighted by atomic mass is 16.4. The molecular weight excluding hydrogens is 264 g/mol. The zero-order valence-electron chi connectivity index (χ0n) is 11.3. The van der Waals surface area contributed by atoms with Gasteiger partial charge in [0.05, 0.1) is 6.42 Å². The van der Waals surface area contributed by atoms with E-state index in [0.717, 1.165) is 32.4 Å². The van der Waals surface area contributed by atoms with Crippen molar-refractivity contribution in [1.82, 2.24) is 20.7 Å². The molecule has 2 saturated heterocycles. The lowest BCUT2D eigenvalue weighted by molar-refractivity contribution is -0.142. The van der Waals surface area contributed by atoms with Crippen molar-refractivity contribution in [3.05, 3.63) is 0 Å². The summed E-state index contributed by atoms with van der Waals surface area (Å²) in [6.07, 6.45) is 2.83. The van der Waals surface area contributed by atoms with E-state index >= 15 is 0 Å². The maximum absolute atomic E-state index is 12.2. The van der Waals surface area contributed by atoms with Gasteiger partial charge in [-0.3, -0.25) is 15.0 Å². The summed E-state index contributed by atoms with van der Waals surface area (Å²) in [5.74, 6) is -1.50. The summed E-state index contributed by atoms with van der Waals surface area (Å²) >= 11 is 0. The SMILES string of the molecule is O=C(O)CC1C(=O)NCCN1C(=O)NN1CCCCC1. The van der Waals surface area contributed by atoms with Crippen molar-refractivity contribution in [1.29, 1.82) is 0 Å². The van der Waals surface area contributed by atoms with Gasteiger partial charge in [0.15, 0.2) is 0 Å². The number of piperidine rings is 1. The van der Waals surface area contributed by atoms with Crippen LogP contribution in [0.1, 0.15) is 25.7 Å². The van der Waals surface area contributed by atoms with Crippen LogP contribution in [0.3, 0.4) is 0 Å². The minimum Gasteiger partial charge on any atom is -0.481 e. The summed E-state index contributed by atoms with van der Waals surface area (Å²) in [6, 6.07) is -1.33. The Hall–Kier alpha value is -1.83. The fourth-order valence-electron chi connectivity index (χ4n) is 2.53. The fourth-order valence-corrected chi connectivity index (χ4v) is 2.53. The third-order valence-corrected chi connectivity index (χ3v) is 3.57. The normalized spacial score (nSPS) is 24.1. The number of carboxylic acid groups (broad SMARTS) is 1. The molecule has 112 valence electrons. The summed E-state index contributed by atoms with van der Waals surface area (Å²) in [5, 5.41) is 13.3. The van der Waals surface area contributed by atoms with Gasteiger partial charge in [0.25, 0.3) is 0 Å². The average molecular weight is 284 g/mol. The first kappa shape index (κ1) is 14.6. The van der Waals surface area contributed by atoms with Gasteiger partial charge in [0.1, 0.15) is 6.04 Å². The van der Waals surface area contributed by atoms with Crippen LogP contribution in [0.4, 0.5) is 4.79 Å². The molecule has 0 saturated carbocycles. The Bertz CT molecular complexity index is 395. The predicted octanol–water partition coefficient (Wildman–Crippen LogP) is -0.628. The van der Waals surface area contributed by atoms with E-state index in [9.17, 15) is 14.4 Å². The van der Waals surface area contributed by atoms with Crippen LogP contribution in [0.2, 0.25) is 0 Å². The molecule has 3 amide bonds. The van der Waals surface area contributed by atoms with Crippen molar-refractivity contribution in [3.63, 3.8) is 0 Å². The van der Waals surface area contributed by atoms with E-state index in [1.807, 2.05) is 5.01 Å². The van der Waals surface area contributed by atoms with Crippen molar-refractivity contribution in [2.24, 2.45) is 0 Å². The van der Waals surface area contributed by atoms with E-state index in [0.29, 0.717) is 13.1 Å². The third-order valence-electron chi connectivity index (χ3n) is 3.57. The molecule has 2 aliphatic heterocycles. The zero-order chi connectivity index (χ0) is 14.5. The number of aliphatic carboxylic acids is 1. The molecule has 8 heteroatoms. The first-order valence-electron chi connectivity index (χ1n) is 6.89. The summed E-state index contributed by atoms with van der Waals surface area (Å²) in [5.41, 5.74) is 2.76. The topological polar surface area (TPSA) is 102 Å². The number of amides is 3. The molecule has 0 aromatic heterocycles. The van der Waals surface area contributed by atoms with Crippen molar-refractivity contribution in [2.75, 3.05) is 26.2 Å². The predicted molar refractivity (Wildman–Crippen MR) is 69.7 cm³/mol. The lowest BCUT2D eigenvalue weighted by Crippen LogP contribution is -2.62. The van der Waals surface area contributed by atoms with E-state index in [2.05, 4.69) is 10.7 Å². The number of carbonyl (C=O) groups is 3. The van der Waals surface area contributed by atoms with E-state index in [4.69, 9.17) is 5.11 Å². The number of nitrogens with zero attached hydrogens (tertiary/aromatic N) is 2. The maximum Gasteiger partial charge on any atom is 0.332 e. The molecule has 20 heavy (non-hydrogen) atoms. The number of carboxylic acids is 1. The number of hydrogen-bond donors (Lipinski definition) is 3. The van der Waals surface area contributed by atoms with Crippen LogP contribution in [0, 0.1) is 0 Å². The first-order valence-corrected chi connectivity index (χ1v) is 6.89. The molecule has 0 aromatic carbocycles. The van der Waals surface area contributed by atoms with Crippen LogP contribution in [-0.2, 0) is 9.59 Å². The second-order valence-electron chi connectivity index (χ2n) is 5.06. The van der Waals surface area contributed by atoms with E-state index in [1.54, 1.807) is 0 Å². The molecule has 0 aliphatic carbocycles. The monoisotopic (exact) mass is 284 g/mol. The Kier molecular flexibility index (Phi) is 4.78. The number of urea groups is 1. The number of carbonyl (C=O) groups excluding carboxylic acids is 2. The van der Waals surface area contributed by atoms with Gasteiger partial charge in [-0.2, -0.15) is 0 Å². The molecule has 1 unspecified atom stereocenters. The Morgan fingerprint density at radius 3 is 2.60 bits per heavy atom. The Balaban J connectivity index is 1.97.